The molecule has 86 valence electrons. The van der Waals surface area contributed by atoms with Gasteiger partial charge in [0.05, 0.1) is 12.2 Å². The molecule has 16 heavy (non-hydrogen) atoms. The van der Waals surface area contributed by atoms with E-state index < -0.39 is 0 Å². The van der Waals surface area contributed by atoms with E-state index in [0.717, 1.165) is 18.0 Å². The average molecular weight is 219 g/mol. The molecule has 0 radical (unpaired) electrons. The van der Waals surface area contributed by atoms with Gasteiger partial charge in [-0.2, -0.15) is 0 Å². The third kappa shape index (κ3) is 1.90. The summed E-state index contributed by atoms with van der Waals surface area (Å²) >= 11 is 0. The van der Waals surface area contributed by atoms with Crippen molar-refractivity contribution in [3.05, 3.63) is 23.8 Å². The van der Waals surface area contributed by atoms with Crippen molar-refractivity contribution >= 4 is 11.5 Å². The van der Waals surface area contributed by atoms with Crippen LogP contribution in [0.3, 0.4) is 0 Å². The summed E-state index contributed by atoms with van der Waals surface area (Å²) in [6.45, 7) is 7.49. The number of Topliss-reactive ketones (excluding diaryl/α,β-unsaturated/α-hetero) is 1. The minimum atomic E-state index is 0.0769. The minimum absolute atomic E-state index is 0.0769. The molecule has 1 aromatic carbocycles. The van der Waals surface area contributed by atoms with Gasteiger partial charge in [0, 0.05) is 11.6 Å². The molecule has 0 spiro atoms. The largest absolute Gasteiger partial charge is 0.490 e. The maximum Gasteiger partial charge on any atom is 0.159 e. The first-order chi connectivity index (χ1) is 7.59. The van der Waals surface area contributed by atoms with E-state index in [1.807, 2.05) is 18.2 Å². The van der Waals surface area contributed by atoms with E-state index in [1.54, 1.807) is 6.92 Å². The van der Waals surface area contributed by atoms with Crippen molar-refractivity contribution in [1.82, 2.24) is 0 Å². The number of rotatable bonds is 2. The second-order valence-electron chi connectivity index (χ2n) is 4.37. The molecule has 0 unspecified atom stereocenters. The molecule has 2 rings (SSSR count). The van der Waals surface area contributed by atoms with Gasteiger partial charge in [-0.1, -0.05) is 0 Å². The Morgan fingerprint density at radius 3 is 2.81 bits per heavy atom. The second kappa shape index (κ2) is 4.16. The molecular weight excluding hydrogens is 202 g/mol. The molecule has 1 heterocycles. The average Bonchev–Trinajstić information content (AvgIpc) is 2.27. The zero-order valence-electron chi connectivity index (χ0n) is 9.99. The van der Waals surface area contributed by atoms with Crippen LogP contribution in [0, 0.1) is 0 Å². The highest BCUT2D eigenvalue weighted by atomic mass is 16.5. The number of fused-ring (bicyclic) bond motifs is 1. The van der Waals surface area contributed by atoms with Crippen LogP contribution in [0.4, 0.5) is 5.69 Å². The molecule has 0 atom stereocenters. The van der Waals surface area contributed by atoms with Crippen LogP contribution in [-0.2, 0) is 0 Å². The number of carbonyl (C=O) groups excluding carboxylic acids is 1. The quantitative estimate of drug-likeness (QED) is 0.716. The van der Waals surface area contributed by atoms with E-state index in [9.17, 15) is 4.79 Å². The maximum atomic E-state index is 11.3. The lowest BCUT2D eigenvalue weighted by Crippen LogP contribution is -2.37. The van der Waals surface area contributed by atoms with Crippen LogP contribution in [0.25, 0.3) is 0 Å². The number of nitrogens with zero attached hydrogens (tertiary/aromatic N) is 1. The van der Waals surface area contributed by atoms with Crippen molar-refractivity contribution < 1.29 is 9.53 Å². The van der Waals surface area contributed by atoms with Gasteiger partial charge in [0.1, 0.15) is 12.4 Å². The Hall–Kier alpha value is -1.51. The van der Waals surface area contributed by atoms with E-state index in [4.69, 9.17) is 4.74 Å². The number of ketones is 1. The van der Waals surface area contributed by atoms with Crippen LogP contribution in [0.2, 0.25) is 0 Å². The first-order valence-electron chi connectivity index (χ1n) is 5.64. The zero-order chi connectivity index (χ0) is 11.7. The molecule has 1 aromatic rings. The highest BCUT2D eigenvalue weighted by Gasteiger charge is 2.20. The van der Waals surface area contributed by atoms with Gasteiger partial charge < -0.3 is 9.64 Å². The summed E-state index contributed by atoms with van der Waals surface area (Å²) in [5.74, 6) is 0.903. The van der Waals surface area contributed by atoms with Crippen LogP contribution in [-0.4, -0.2) is 25.0 Å². The van der Waals surface area contributed by atoms with Crippen molar-refractivity contribution in [3.63, 3.8) is 0 Å². The second-order valence-corrected chi connectivity index (χ2v) is 4.37. The van der Waals surface area contributed by atoms with E-state index >= 15 is 0 Å². The van der Waals surface area contributed by atoms with Crippen LogP contribution >= 0.6 is 0 Å². The summed E-state index contributed by atoms with van der Waals surface area (Å²) in [5.41, 5.74) is 1.80. The normalized spacial score (nSPS) is 14.6. The van der Waals surface area contributed by atoms with E-state index in [1.165, 1.54) is 0 Å². The summed E-state index contributed by atoms with van der Waals surface area (Å²) in [4.78, 5) is 13.6. The number of hydrogen-bond acceptors (Lipinski definition) is 3. The SMILES string of the molecule is CC(=O)c1ccc2c(c1)OCCN2C(C)C. The summed E-state index contributed by atoms with van der Waals surface area (Å²) < 4.78 is 5.60. The van der Waals surface area contributed by atoms with Crippen LogP contribution < -0.4 is 9.64 Å². The summed E-state index contributed by atoms with van der Waals surface area (Å²) in [7, 11) is 0. The van der Waals surface area contributed by atoms with Crippen LogP contribution in [0.15, 0.2) is 18.2 Å². The van der Waals surface area contributed by atoms with Gasteiger partial charge in [-0.05, 0) is 39.0 Å². The molecule has 0 amide bonds. The Balaban J connectivity index is 2.40. The van der Waals surface area contributed by atoms with Gasteiger partial charge in [-0.3, -0.25) is 4.79 Å². The smallest absolute Gasteiger partial charge is 0.159 e. The molecule has 3 nitrogen and oxygen atoms in total. The first-order valence-corrected chi connectivity index (χ1v) is 5.64. The van der Waals surface area contributed by atoms with Gasteiger partial charge in [0.25, 0.3) is 0 Å². The van der Waals surface area contributed by atoms with Crippen molar-refractivity contribution in [3.8, 4) is 5.75 Å². The molecule has 0 aliphatic carbocycles. The maximum absolute atomic E-state index is 11.3. The fourth-order valence-electron chi connectivity index (χ4n) is 2.00. The Morgan fingerprint density at radius 1 is 1.44 bits per heavy atom. The number of carbonyl (C=O) groups is 1. The Bertz CT molecular complexity index is 412. The predicted molar refractivity (Wildman–Crippen MR) is 64.4 cm³/mol. The van der Waals surface area contributed by atoms with Gasteiger partial charge in [0.2, 0.25) is 0 Å². The van der Waals surface area contributed by atoms with Crippen molar-refractivity contribution in [2.24, 2.45) is 0 Å². The molecule has 0 bridgehead atoms. The topological polar surface area (TPSA) is 29.5 Å². The molecule has 3 heteroatoms. The molecule has 0 N–H and O–H groups in total. The number of benzene rings is 1. The van der Waals surface area contributed by atoms with Crippen molar-refractivity contribution in [1.29, 1.82) is 0 Å². The molecule has 0 fully saturated rings. The number of anilines is 1. The number of ether oxygens (including phenoxy) is 1. The number of hydrogen-bond donors (Lipinski definition) is 0. The third-order valence-corrected chi connectivity index (χ3v) is 2.89. The molecule has 1 aliphatic rings. The highest BCUT2D eigenvalue weighted by Crippen LogP contribution is 2.33. The fraction of sp³-hybridized carbons (Fsp3) is 0.462. The zero-order valence-corrected chi connectivity index (χ0v) is 9.99. The Morgan fingerprint density at radius 2 is 2.19 bits per heavy atom. The molecule has 0 saturated carbocycles. The van der Waals surface area contributed by atoms with Crippen LogP contribution in [0.5, 0.6) is 5.75 Å². The van der Waals surface area contributed by atoms with Gasteiger partial charge in [0.15, 0.2) is 5.78 Å². The van der Waals surface area contributed by atoms with Crippen molar-refractivity contribution in [2.75, 3.05) is 18.1 Å². The third-order valence-electron chi connectivity index (χ3n) is 2.89. The lowest BCUT2D eigenvalue weighted by molar-refractivity contribution is 0.101. The summed E-state index contributed by atoms with van der Waals surface area (Å²) in [6, 6.07) is 6.13. The molecule has 0 saturated heterocycles. The lowest BCUT2D eigenvalue weighted by Gasteiger charge is -2.34. The van der Waals surface area contributed by atoms with E-state index in [0.29, 0.717) is 18.2 Å². The standard InChI is InChI=1S/C13H17NO2/c1-9(2)14-6-7-16-13-8-11(10(3)15)4-5-12(13)14/h4-5,8-9H,6-7H2,1-3H3. The van der Waals surface area contributed by atoms with Crippen molar-refractivity contribution in [2.45, 2.75) is 26.8 Å². The van der Waals surface area contributed by atoms with Crippen LogP contribution in [0.1, 0.15) is 31.1 Å². The molecular formula is C13H17NO2. The first kappa shape index (κ1) is 11.0. The van der Waals surface area contributed by atoms with E-state index in [-0.39, 0.29) is 5.78 Å². The predicted octanol–water partition coefficient (Wildman–Crippen LogP) is 2.50. The van der Waals surface area contributed by atoms with Gasteiger partial charge in [-0.15, -0.1) is 0 Å². The van der Waals surface area contributed by atoms with Gasteiger partial charge >= 0.3 is 0 Å². The van der Waals surface area contributed by atoms with Gasteiger partial charge in [-0.25, -0.2) is 0 Å². The Labute approximate surface area is 96.0 Å². The Kier molecular flexibility index (Phi) is 2.86. The lowest BCUT2D eigenvalue weighted by atomic mass is 10.1. The summed E-state index contributed by atoms with van der Waals surface area (Å²) in [6.07, 6.45) is 0. The minimum Gasteiger partial charge on any atom is -0.490 e. The van der Waals surface area contributed by atoms with E-state index in [2.05, 4.69) is 18.7 Å². The summed E-state index contributed by atoms with van der Waals surface area (Å²) in [5, 5.41) is 0. The highest BCUT2D eigenvalue weighted by molar-refractivity contribution is 5.95. The monoisotopic (exact) mass is 219 g/mol. The fourth-order valence-corrected chi connectivity index (χ4v) is 2.00. The molecule has 1 aliphatic heterocycles. The molecule has 0 aromatic heterocycles.